The van der Waals surface area contributed by atoms with Crippen molar-refractivity contribution in [3.8, 4) is 0 Å². The third-order valence-electron chi connectivity index (χ3n) is 4.18. The van der Waals surface area contributed by atoms with Crippen LogP contribution in [0.1, 0.15) is 41.6 Å². The number of carbonyl (C=O) groups is 1. The number of nitro benzene ring substituents is 1. The standard InChI is InChI=1S/C15H17F3N2O4/c16-15(17,18)10-5-6-11(12(7-10)20(23)24)14(22)19-8-13(21)9-3-1-2-4-9/h5-7,9,13,21H,1-4,8H2,(H,19,22). The molecule has 1 aromatic rings. The molecule has 2 rings (SSSR count). The molecule has 1 amide bonds. The smallest absolute Gasteiger partial charge is 0.391 e. The molecule has 1 fully saturated rings. The third-order valence-corrected chi connectivity index (χ3v) is 4.18. The normalized spacial score (nSPS) is 16.8. The van der Waals surface area contributed by atoms with Crippen molar-refractivity contribution in [2.45, 2.75) is 38.0 Å². The number of alkyl halides is 3. The van der Waals surface area contributed by atoms with E-state index in [9.17, 15) is 33.2 Å². The van der Waals surface area contributed by atoms with Gasteiger partial charge in [0.25, 0.3) is 11.6 Å². The molecule has 0 heterocycles. The highest BCUT2D eigenvalue weighted by Crippen LogP contribution is 2.33. The summed E-state index contributed by atoms with van der Waals surface area (Å²) in [6.45, 7) is -0.0956. The van der Waals surface area contributed by atoms with Gasteiger partial charge >= 0.3 is 6.18 Å². The highest BCUT2D eigenvalue weighted by molar-refractivity contribution is 5.98. The first-order valence-corrected chi connectivity index (χ1v) is 7.52. The van der Waals surface area contributed by atoms with Crippen LogP contribution in [-0.4, -0.2) is 28.6 Å². The largest absolute Gasteiger partial charge is 0.416 e. The minimum atomic E-state index is -4.74. The number of hydrogen-bond donors (Lipinski definition) is 2. The Hall–Kier alpha value is -2.16. The Labute approximate surface area is 135 Å². The van der Waals surface area contributed by atoms with Crippen LogP contribution in [0.15, 0.2) is 18.2 Å². The Morgan fingerprint density at radius 2 is 2.00 bits per heavy atom. The van der Waals surface area contributed by atoms with Gasteiger partial charge in [0.05, 0.1) is 16.6 Å². The van der Waals surface area contributed by atoms with Crippen LogP contribution in [0.4, 0.5) is 18.9 Å². The van der Waals surface area contributed by atoms with E-state index in [1.807, 2.05) is 0 Å². The first-order chi connectivity index (χ1) is 11.2. The van der Waals surface area contributed by atoms with E-state index >= 15 is 0 Å². The average molecular weight is 346 g/mol. The molecule has 132 valence electrons. The van der Waals surface area contributed by atoms with Crippen molar-refractivity contribution >= 4 is 11.6 Å². The topological polar surface area (TPSA) is 92.5 Å². The number of aliphatic hydroxyl groups is 1. The summed E-state index contributed by atoms with van der Waals surface area (Å²) in [5.74, 6) is -0.819. The van der Waals surface area contributed by atoms with Gasteiger partial charge in [-0.1, -0.05) is 12.8 Å². The number of nitro groups is 1. The predicted octanol–water partition coefficient (Wildman–Crippen LogP) is 2.89. The molecule has 9 heteroatoms. The monoisotopic (exact) mass is 346 g/mol. The summed E-state index contributed by atoms with van der Waals surface area (Å²) < 4.78 is 37.9. The molecule has 0 aromatic heterocycles. The number of amides is 1. The SMILES string of the molecule is O=C(NCC(O)C1CCCC1)c1ccc(C(F)(F)F)cc1[N+](=O)[O-]. The number of nitrogens with one attached hydrogen (secondary N) is 1. The maximum Gasteiger partial charge on any atom is 0.416 e. The number of carbonyl (C=O) groups excluding carboxylic acids is 1. The van der Waals surface area contributed by atoms with E-state index in [1.165, 1.54) is 0 Å². The van der Waals surface area contributed by atoms with Crippen LogP contribution in [0.5, 0.6) is 0 Å². The van der Waals surface area contributed by atoms with Crippen LogP contribution in [0.2, 0.25) is 0 Å². The van der Waals surface area contributed by atoms with Crippen LogP contribution in [0, 0.1) is 16.0 Å². The summed E-state index contributed by atoms with van der Waals surface area (Å²) >= 11 is 0. The van der Waals surface area contributed by atoms with E-state index in [1.54, 1.807) is 0 Å². The molecule has 0 aliphatic heterocycles. The lowest BCUT2D eigenvalue weighted by Crippen LogP contribution is -2.35. The van der Waals surface area contributed by atoms with E-state index in [2.05, 4.69) is 5.32 Å². The number of nitrogens with zero attached hydrogens (tertiary/aromatic N) is 1. The maximum absolute atomic E-state index is 12.6. The molecule has 24 heavy (non-hydrogen) atoms. The second kappa shape index (κ2) is 7.16. The Bertz CT molecular complexity index is 628. The van der Waals surface area contributed by atoms with Crippen molar-refractivity contribution in [2.75, 3.05) is 6.54 Å². The van der Waals surface area contributed by atoms with Gasteiger partial charge in [-0.25, -0.2) is 0 Å². The molecule has 1 unspecified atom stereocenters. The zero-order chi connectivity index (χ0) is 17.9. The van der Waals surface area contributed by atoms with Gasteiger partial charge in [0.15, 0.2) is 0 Å². The summed E-state index contributed by atoms with van der Waals surface area (Å²) in [6.07, 6.45) is -1.82. The molecule has 6 nitrogen and oxygen atoms in total. The summed E-state index contributed by atoms with van der Waals surface area (Å²) in [6, 6.07) is 1.73. The summed E-state index contributed by atoms with van der Waals surface area (Å²) in [5.41, 5.74) is -2.58. The molecule has 1 aromatic carbocycles. The molecule has 0 bridgehead atoms. The molecular formula is C15H17F3N2O4. The molecule has 1 aliphatic rings. The second-order valence-corrected chi connectivity index (χ2v) is 5.81. The number of aliphatic hydroxyl groups excluding tert-OH is 1. The van der Waals surface area contributed by atoms with Gasteiger partial charge in [-0.05, 0) is 30.9 Å². The van der Waals surface area contributed by atoms with Gasteiger partial charge in [0, 0.05) is 12.6 Å². The van der Waals surface area contributed by atoms with Crippen molar-refractivity contribution < 1.29 is 28.0 Å². The summed E-state index contributed by atoms with van der Waals surface area (Å²) in [4.78, 5) is 22.0. The highest BCUT2D eigenvalue weighted by atomic mass is 19.4. The van der Waals surface area contributed by atoms with Gasteiger partial charge in [0.1, 0.15) is 5.56 Å². The lowest BCUT2D eigenvalue weighted by atomic mass is 10.0. The van der Waals surface area contributed by atoms with Crippen LogP contribution >= 0.6 is 0 Å². The number of benzene rings is 1. The minimum Gasteiger partial charge on any atom is -0.391 e. The van der Waals surface area contributed by atoms with Crippen molar-refractivity contribution in [1.29, 1.82) is 0 Å². The molecule has 2 N–H and O–H groups in total. The summed E-state index contributed by atoms with van der Waals surface area (Å²) in [7, 11) is 0. The van der Waals surface area contributed by atoms with Crippen molar-refractivity contribution in [2.24, 2.45) is 5.92 Å². The van der Waals surface area contributed by atoms with Gasteiger partial charge in [-0.2, -0.15) is 13.2 Å². The lowest BCUT2D eigenvalue weighted by Gasteiger charge is -2.18. The summed E-state index contributed by atoms with van der Waals surface area (Å²) in [5, 5.41) is 23.3. The molecule has 0 saturated heterocycles. The van der Waals surface area contributed by atoms with Crippen molar-refractivity contribution in [1.82, 2.24) is 5.32 Å². The molecule has 0 spiro atoms. The quantitative estimate of drug-likeness (QED) is 0.633. The van der Waals surface area contributed by atoms with E-state index in [-0.39, 0.29) is 12.5 Å². The molecular weight excluding hydrogens is 329 g/mol. The number of rotatable bonds is 5. The van der Waals surface area contributed by atoms with E-state index in [4.69, 9.17) is 0 Å². The second-order valence-electron chi connectivity index (χ2n) is 5.81. The predicted molar refractivity (Wildman–Crippen MR) is 78.4 cm³/mol. The van der Waals surface area contributed by atoms with Crippen molar-refractivity contribution in [3.63, 3.8) is 0 Å². The zero-order valence-electron chi connectivity index (χ0n) is 12.7. The van der Waals surface area contributed by atoms with Crippen LogP contribution < -0.4 is 5.32 Å². The van der Waals surface area contributed by atoms with Crippen LogP contribution in [0.3, 0.4) is 0 Å². The first-order valence-electron chi connectivity index (χ1n) is 7.52. The maximum atomic E-state index is 12.6. The van der Waals surface area contributed by atoms with Gasteiger partial charge in [-0.15, -0.1) is 0 Å². The molecule has 1 saturated carbocycles. The number of halogens is 3. The Balaban J connectivity index is 2.11. The van der Waals surface area contributed by atoms with E-state index < -0.39 is 39.9 Å². The van der Waals surface area contributed by atoms with Gasteiger partial charge in [-0.3, -0.25) is 14.9 Å². The Morgan fingerprint density at radius 3 is 2.54 bits per heavy atom. The molecule has 1 aliphatic carbocycles. The fourth-order valence-electron chi connectivity index (χ4n) is 2.85. The minimum absolute atomic E-state index is 0.0629. The van der Waals surface area contributed by atoms with Gasteiger partial charge < -0.3 is 10.4 Å². The number of hydrogen-bond acceptors (Lipinski definition) is 4. The fraction of sp³-hybridized carbons (Fsp3) is 0.533. The van der Waals surface area contributed by atoms with Crippen LogP contribution in [-0.2, 0) is 6.18 Å². The Morgan fingerprint density at radius 1 is 1.38 bits per heavy atom. The van der Waals surface area contributed by atoms with Gasteiger partial charge in [0.2, 0.25) is 0 Å². The average Bonchev–Trinajstić information content (AvgIpc) is 3.05. The van der Waals surface area contributed by atoms with Crippen LogP contribution in [0.25, 0.3) is 0 Å². The fourth-order valence-corrected chi connectivity index (χ4v) is 2.85. The van der Waals surface area contributed by atoms with Crippen molar-refractivity contribution in [3.05, 3.63) is 39.4 Å². The molecule has 1 atom stereocenters. The third kappa shape index (κ3) is 4.22. The highest BCUT2D eigenvalue weighted by Gasteiger charge is 2.34. The Kier molecular flexibility index (Phi) is 5.43. The molecule has 0 radical (unpaired) electrons. The first kappa shape index (κ1) is 18.2. The van der Waals surface area contributed by atoms with E-state index in [0.29, 0.717) is 12.1 Å². The lowest BCUT2D eigenvalue weighted by molar-refractivity contribution is -0.385. The zero-order valence-corrected chi connectivity index (χ0v) is 12.7. The van der Waals surface area contributed by atoms with E-state index in [0.717, 1.165) is 31.7 Å².